The molecule has 0 aliphatic heterocycles. The first-order valence-corrected chi connectivity index (χ1v) is 5.96. The maximum Gasteiger partial charge on any atom is 0.342 e. The number of nitro benzene ring substituents is 1. The lowest BCUT2D eigenvalue weighted by Crippen LogP contribution is -2.34. The SMILES string of the molecule is CC(=O)NCC(O)C(O)c1cc([N+](=O)[O-])c(C(=O)O)cc1F. The van der Waals surface area contributed by atoms with E-state index in [1.807, 2.05) is 0 Å². The highest BCUT2D eigenvalue weighted by atomic mass is 19.1. The lowest BCUT2D eigenvalue weighted by Gasteiger charge is -2.19. The fourth-order valence-corrected chi connectivity index (χ4v) is 1.69. The Bertz CT molecular complexity index is 620. The Balaban J connectivity index is 3.19. The Labute approximate surface area is 123 Å². The molecule has 10 heteroatoms. The molecular weight excluding hydrogens is 303 g/mol. The number of carboxylic acid groups (broad SMARTS) is 1. The molecule has 0 aliphatic rings. The monoisotopic (exact) mass is 316 g/mol. The summed E-state index contributed by atoms with van der Waals surface area (Å²) in [5.74, 6) is -3.43. The number of aliphatic hydroxyl groups is 2. The van der Waals surface area contributed by atoms with Gasteiger partial charge >= 0.3 is 5.97 Å². The summed E-state index contributed by atoms with van der Waals surface area (Å²) in [6.45, 7) is 0.747. The second-order valence-electron chi connectivity index (χ2n) is 4.40. The minimum atomic E-state index is -1.88. The zero-order valence-corrected chi connectivity index (χ0v) is 11.3. The van der Waals surface area contributed by atoms with E-state index in [9.17, 15) is 34.3 Å². The van der Waals surface area contributed by atoms with E-state index >= 15 is 0 Å². The second-order valence-corrected chi connectivity index (χ2v) is 4.40. The van der Waals surface area contributed by atoms with E-state index < -0.39 is 58.2 Å². The van der Waals surface area contributed by atoms with Crippen LogP contribution in [-0.2, 0) is 4.79 Å². The van der Waals surface area contributed by atoms with Gasteiger partial charge in [0.2, 0.25) is 5.91 Å². The largest absolute Gasteiger partial charge is 0.477 e. The van der Waals surface area contributed by atoms with Crippen LogP contribution in [0.1, 0.15) is 28.9 Å². The number of amides is 1. The molecule has 4 N–H and O–H groups in total. The van der Waals surface area contributed by atoms with Crippen LogP contribution in [0.4, 0.5) is 10.1 Å². The van der Waals surface area contributed by atoms with E-state index in [1.54, 1.807) is 0 Å². The summed E-state index contributed by atoms with van der Waals surface area (Å²) in [6.07, 6.45) is -3.51. The number of halogens is 1. The van der Waals surface area contributed by atoms with Crippen molar-refractivity contribution >= 4 is 17.6 Å². The minimum absolute atomic E-state index is 0.393. The van der Waals surface area contributed by atoms with Gasteiger partial charge in [-0.25, -0.2) is 9.18 Å². The number of hydrogen-bond donors (Lipinski definition) is 4. The van der Waals surface area contributed by atoms with Gasteiger partial charge < -0.3 is 20.6 Å². The molecule has 1 amide bonds. The van der Waals surface area contributed by atoms with Crippen molar-refractivity contribution in [2.24, 2.45) is 0 Å². The van der Waals surface area contributed by atoms with E-state index in [-0.39, 0.29) is 0 Å². The van der Waals surface area contributed by atoms with E-state index in [1.165, 1.54) is 0 Å². The number of carbonyl (C=O) groups excluding carboxylic acids is 1. The Morgan fingerprint density at radius 3 is 2.45 bits per heavy atom. The Morgan fingerprint density at radius 2 is 2.00 bits per heavy atom. The summed E-state index contributed by atoms with van der Waals surface area (Å²) in [5, 5.41) is 41.2. The number of rotatable bonds is 6. The van der Waals surface area contributed by atoms with Gasteiger partial charge in [0.1, 0.15) is 23.6 Å². The third-order valence-electron chi connectivity index (χ3n) is 2.79. The van der Waals surface area contributed by atoms with Crippen LogP contribution >= 0.6 is 0 Å². The van der Waals surface area contributed by atoms with Crippen molar-refractivity contribution < 1.29 is 34.2 Å². The molecule has 1 aromatic carbocycles. The average molecular weight is 316 g/mol. The van der Waals surface area contributed by atoms with Crippen LogP contribution in [-0.4, -0.2) is 44.8 Å². The van der Waals surface area contributed by atoms with Crippen molar-refractivity contribution in [3.8, 4) is 0 Å². The fraction of sp³-hybridized carbons (Fsp3) is 0.333. The van der Waals surface area contributed by atoms with Gasteiger partial charge in [0.25, 0.3) is 5.69 Å². The maximum atomic E-state index is 13.8. The van der Waals surface area contributed by atoms with E-state index in [2.05, 4.69) is 5.32 Å². The highest BCUT2D eigenvalue weighted by molar-refractivity contribution is 5.92. The number of aromatic carboxylic acids is 1. The quantitative estimate of drug-likeness (QED) is 0.425. The van der Waals surface area contributed by atoms with Crippen molar-refractivity contribution in [3.63, 3.8) is 0 Å². The molecule has 0 saturated heterocycles. The van der Waals surface area contributed by atoms with Gasteiger partial charge in [-0.2, -0.15) is 0 Å². The van der Waals surface area contributed by atoms with Crippen LogP contribution < -0.4 is 5.32 Å². The topological polar surface area (TPSA) is 150 Å². The number of benzene rings is 1. The molecule has 0 radical (unpaired) electrons. The number of carbonyl (C=O) groups is 2. The normalized spacial score (nSPS) is 13.3. The van der Waals surface area contributed by atoms with Gasteiger partial charge in [-0.05, 0) is 6.07 Å². The van der Waals surface area contributed by atoms with Crippen molar-refractivity contribution in [1.29, 1.82) is 0 Å². The van der Waals surface area contributed by atoms with Gasteiger partial charge in [0, 0.05) is 25.1 Å². The molecule has 9 nitrogen and oxygen atoms in total. The number of nitro groups is 1. The maximum absolute atomic E-state index is 13.8. The summed E-state index contributed by atoms with van der Waals surface area (Å²) in [4.78, 5) is 31.3. The molecule has 0 heterocycles. The van der Waals surface area contributed by atoms with Crippen LogP contribution in [0, 0.1) is 15.9 Å². The molecule has 0 saturated carbocycles. The number of carboxylic acids is 1. The van der Waals surface area contributed by atoms with Gasteiger partial charge in [-0.1, -0.05) is 0 Å². The third kappa shape index (κ3) is 3.96. The van der Waals surface area contributed by atoms with Gasteiger partial charge in [0.05, 0.1) is 4.92 Å². The zero-order chi connectivity index (χ0) is 17.0. The van der Waals surface area contributed by atoms with Crippen molar-refractivity contribution in [1.82, 2.24) is 5.32 Å². The highest BCUT2D eigenvalue weighted by Crippen LogP contribution is 2.28. The second kappa shape index (κ2) is 6.91. The number of nitrogens with zero attached hydrogens (tertiary/aromatic N) is 1. The van der Waals surface area contributed by atoms with Gasteiger partial charge in [-0.3, -0.25) is 14.9 Å². The summed E-state index contributed by atoms with van der Waals surface area (Å²) < 4.78 is 13.8. The molecular formula is C12H13FN2O7. The molecule has 0 fully saturated rings. The van der Waals surface area contributed by atoms with Crippen molar-refractivity contribution in [3.05, 3.63) is 39.2 Å². The van der Waals surface area contributed by atoms with E-state index in [0.717, 1.165) is 6.92 Å². The molecule has 1 aromatic rings. The molecule has 22 heavy (non-hydrogen) atoms. The lowest BCUT2D eigenvalue weighted by molar-refractivity contribution is -0.385. The predicted molar refractivity (Wildman–Crippen MR) is 69.7 cm³/mol. The molecule has 2 atom stereocenters. The first-order chi connectivity index (χ1) is 10.1. The van der Waals surface area contributed by atoms with Crippen LogP contribution in [0.2, 0.25) is 0 Å². The smallest absolute Gasteiger partial charge is 0.342 e. The molecule has 0 aromatic heterocycles. The molecule has 0 bridgehead atoms. The summed E-state index contributed by atoms with van der Waals surface area (Å²) >= 11 is 0. The van der Waals surface area contributed by atoms with Crippen molar-refractivity contribution in [2.75, 3.05) is 6.54 Å². The summed E-state index contributed by atoms with van der Waals surface area (Å²) in [6, 6.07) is 0.935. The number of hydrogen-bond acceptors (Lipinski definition) is 6. The lowest BCUT2D eigenvalue weighted by atomic mass is 10.00. The van der Waals surface area contributed by atoms with Gasteiger partial charge in [0.15, 0.2) is 0 Å². The average Bonchev–Trinajstić information content (AvgIpc) is 2.43. The summed E-state index contributed by atoms with van der Waals surface area (Å²) in [5.41, 5.74) is -2.45. The van der Waals surface area contributed by atoms with Crippen LogP contribution in [0.5, 0.6) is 0 Å². The number of nitrogens with one attached hydrogen (secondary N) is 1. The first-order valence-electron chi connectivity index (χ1n) is 5.96. The molecule has 0 aliphatic carbocycles. The van der Waals surface area contributed by atoms with E-state index in [4.69, 9.17) is 5.11 Å². The van der Waals surface area contributed by atoms with Crippen LogP contribution in [0.3, 0.4) is 0 Å². The van der Waals surface area contributed by atoms with Crippen LogP contribution in [0.15, 0.2) is 12.1 Å². The minimum Gasteiger partial charge on any atom is -0.477 e. The predicted octanol–water partition coefficient (Wildman–Crippen LogP) is -0.0375. The zero-order valence-electron chi connectivity index (χ0n) is 11.3. The third-order valence-corrected chi connectivity index (χ3v) is 2.79. The standard InChI is InChI=1S/C12H13FN2O7/c1-5(16)14-4-10(17)11(18)6-3-9(15(21)22)7(12(19)20)2-8(6)13/h2-3,10-11,17-18H,4H2,1H3,(H,14,16)(H,19,20). The van der Waals surface area contributed by atoms with Crippen LogP contribution in [0.25, 0.3) is 0 Å². The molecule has 0 spiro atoms. The van der Waals surface area contributed by atoms with Gasteiger partial charge in [-0.15, -0.1) is 0 Å². The highest BCUT2D eigenvalue weighted by Gasteiger charge is 2.28. The van der Waals surface area contributed by atoms with Crippen molar-refractivity contribution in [2.45, 2.75) is 19.1 Å². The number of aliphatic hydroxyl groups excluding tert-OH is 2. The molecule has 1 rings (SSSR count). The Kier molecular flexibility index (Phi) is 5.49. The Morgan fingerprint density at radius 1 is 1.41 bits per heavy atom. The Hall–Kier alpha value is -2.59. The summed E-state index contributed by atoms with van der Waals surface area (Å²) in [7, 11) is 0. The molecule has 120 valence electrons. The molecule has 2 unspecified atom stereocenters. The van der Waals surface area contributed by atoms with E-state index in [0.29, 0.717) is 12.1 Å². The fourth-order valence-electron chi connectivity index (χ4n) is 1.69. The first kappa shape index (κ1) is 17.5.